The van der Waals surface area contributed by atoms with E-state index in [4.69, 9.17) is 0 Å². The van der Waals surface area contributed by atoms with Gasteiger partial charge in [-0.15, -0.1) is 0 Å². The number of rotatable bonds is 4. The van der Waals surface area contributed by atoms with E-state index in [1.807, 2.05) is 4.90 Å². The summed E-state index contributed by atoms with van der Waals surface area (Å²) in [6.07, 6.45) is 4.83. The molecule has 5 nitrogen and oxygen atoms in total. The van der Waals surface area contributed by atoms with E-state index in [1.54, 1.807) is 4.90 Å². The van der Waals surface area contributed by atoms with E-state index < -0.39 is 0 Å². The lowest BCUT2D eigenvalue weighted by molar-refractivity contribution is -0.140. The van der Waals surface area contributed by atoms with E-state index in [1.165, 1.54) is 6.08 Å². The third-order valence-electron chi connectivity index (χ3n) is 5.27. The SMILES string of the molecule is C=CC(=O)N1CCC(C(=O)N2CCC(C(C)CO)CC2)CC1. The highest BCUT2D eigenvalue weighted by Crippen LogP contribution is 2.27. The Morgan fingerprint density at radius 2 is 1.68 bits per heavy atom. The van der Waals surface area contributed by atoms with Crippen LogP contribution in [0.3, 0.4) is 0 Å². The van der Waals surface area contributed by atoms with Crippen LogP contribution in [0.1, 0.15) is 32.6 Å². The lowest BCUT2D eigenvalue weighted by Gasteiger charge is -2.38. The van der Waals surface area contributed by atoms with Gasteiger partial charge in [0, 0.05) is 38.7 Å². The molecule has 0 saturated carbocycles. The van der Waals surface area contributed by atoms with E-state index in [0.717, 1.165) is 38.8 Å². The lowest BCUT2D eigenvalue weighted by Crippen LogP contribution is -2.46. The van der Waals surface area contributed by atoms with Crippen molar-refractivity contribution in [2.45, 2.75) is 32.6 Å². The molecule has 2 heterocycles. The molecule has 0 aliphatic carbocycles. The van der Waals surface area contributed by atoms with Gasteiger partial charge in [0.25, 0.3) is 0 Å². The molecule has 1 unspecified atom stereocenters. The van der Waals surface area contributed by atoms with Gasteiger partial charge < -0.3 is 14.9 Å². The van der Waals surface area contributed by atoms with E-state index in [9.17, 15) is 14.7 Å². The Morgan fingerprint density at radius 3 is 2.18 bits per heavy atom. The summed E-state index contributed by atoms with van der Waals surface area (Å²) in [5, 5.41) is 9.24. The first kappa shape index (κ1) is 17.0. The maximum Gasteiger partial charge on any atom is 0.245 e. The third-order valence-corrected chi connectivity index (χ3v) is 5.27. The monoisotopic (exact) mass is 308 g/mol. The largest absolute Gasteiger partial charge is 0.396 e. The second-order valence-corrected chi connectivity index (χ2v) is 6.63. The Balaban J connectivity index is 1.79. The molecular formula is C17H28N2O3. The molecule has 22 heavy (non-hydrogen) atoms. The highest BCUT2D eigenvalue weighted by atomic mass is 16.3. The average Bonchev–Trinajstić information content (AvgIpc) is 2.60. The normalized spacial score (nSPS) is 22.5. The summed E-state index contributed by atoms with van der Waals surface area (Å²) in [6.45, 7) is 8.73. The molecule has 2 aliphatic heterocycles. The molecule has 1 N–H and O–H groups in total. The molecule has 2 saturated heterocycles. The van der Waals surface area contributed by atoms with Crippen molar-refractivity contribution in [3.8, 4) is 0 Å². The number of likely N-dealkylation sites (tertiary alicyclic amines) is 2. The number of hydrogen-bond acceptors (Lipinski definition) is 3. The summed E-state index contributed by atoms with van der Waals surface area (Å²) in [5.74, 6) is 1.12. The van der Waals surface area contributed by atoms with E-state index in [2.05, 4.69) is 13.5 Å². The number of piperidine rings is 2. The van der Waals surface area contributed by atoms with Crippen molar-refractivity contribution in [2.75, 3.05) is 32.8 Å². The minimum Gasteiger partial charge on any atom is -0.396 e. The zero-order valence-corrected chi connectivity index (χ0v) is 13.5. The Hall–Kier alpha value is -1.36. The molecule has 2 rings (SSSR count). The smallest absolute Gasteiger partial charge is 0.245 e. The first-order chi connectivity index (χ1) is 10.6. The highest BCUT2D eigenvalue weighted by molar-refractivity contribution is 5.87. The Morgan fingerprint density at radius 1 is 1.14 bits per heavy atom. The lowest BCUT2D eigenvalue weighted by atomic mass is 9.85. The molecule has 124 valence electrons. The van der Waals surface area contributed by atoms with Gasteiger partial charge in [-0.2, -0.15) is 0 Å². The fourth-order valence-electron chi connectivity index (χ4n) is 3.57. The zero-order valence-electron chi connectivity index (χ0n) is 13.5. The third kappa shape index (κ3) is 3.88. The second kappa shape index (κ2) is 7.77. The van der Waals surface area contributed by atoms with Gasteiger partial charge in [-0.1, -0.05) is 13.5 Å². The number of carbonyl (C=O) groups excluding carboxylic acids is 2. The van der Waals surface area contributed by atoms with E-state index in [-0.39, 0.29) is 24.3 Å². The van der Waals surface area contributed by atoms with Gasteiger partial charge in [0.2, 0.25) is 11.8 Å². The van der Waals surface area contributed by atoms with Gasteiger partial charge >= 0.3 is 0 Å². The van der Waals surface area contributed by atoms with Gasteiger partial charge in [0.15, 0.2) is 0 Å². The molecule has 0 radical (unpaired) electrons. The summed E-state index contributed by atoms with van der Waals surface area (Å²) in [6, 6.07) is 0. The van der Waals surface area contributed by atoms with Gasteiger partial charge in [0.1, 0.15) is 0 Å². The van der Waals surface area contributed by atoms with Crippen LogP contribution < -0.4 is 0 Å². The van der Waals surface area contributed by atoms with Gasteiger partial charge in [-0.25, -0.2) is 0 Å². The van der Waals surface area contributed by atoms with Crippen LogP contribution in [0, 0.1) is 17.8 Å². The Kier molecular flexibility index (Phi) is 6.00. The van der Waals surface area contributed by atoms with E-state index >= 15 is 0 Å². The Bertz CT molecular complexity index is 408. The number of amides is 2. The van der Waals surface area contributed by atoms with Gasteiger partial charge in [-0.3, -0.25) is 9.59 Å². The minimum atomic E-state index is -0.0373. The molecular weight excluding hydrogens is 280 g/mol. The number of hydrogen-bond donors (Lipinski definition) is 1. The fourth-order valence-corrected chi connectivity index (χ4v) is 3.57. The maximum atomic E-state index is 12.6. The summed E-state index contributed by atoms with van der Waals surface area (Å²) in [4.78, 5) is 27.9. The quantitative estimate of drug-likeness (QED) is 0.796. The van der Waals surface area contributed by atoms with Crippen LogP contribution in [-0.4, -0.2) is 59.5 Å². The molecule has 0 spiro atoms. The predicted molar refractivity (Wildman–Crippen MR) is 85.1 cm³/mol. The summed E-state index contributed by atoms with van der Waals surface area (Å²) in [5.41, 5.74) is 0. The van der Waals surface area contributed by atoms with Crippen LogP contribution >= 0.6 is 0 Å². The molecule has 5 heteroatoms. The van der Waals surface area contributed by atoms with Crippen LogP contribution in [0.15, 0.2) is 12.7 Å². The molecule has 2 fully saturated rings. The zero-order chi connectivity index (χ0) is 16.1. The fraction of sp³-hybridized carbons (Fsp3) is 0.765. The van der Waals surface area contributed by atoms with Crippen LogP contribution in [0.2, 0.25) is 0 Å². The number of aliphatic hydroxyl groups is 1. The average molecular weight is 308 g/mol. The van der Waals surface area contributed by atoms with Gasteiger partial charge in [-0.05, 0) is 43.6 Å². The minimum absolute atomic E-state index is 0.0373. The maximum absolute atomic E-state index is 12.6. The first-order valence-electron chi connectivity index (χ1n) is 8.37. The van der Waals surface area contributed by atoms with Crippen molar-refractivity contribution < 1.29 is 14.7 Å². The molecule has 2 amide bonds. The number of carbonyl (C=O) groups is 2. The van der Waals surface area contributed by atoms with Crippen molar-refractivity contribution in [1.29, 1.82) is 0 Å². The Labute approximate surface area is 133 Å². The molecule has 0 aromatic carbocycles. The van der Waals surface area contributed by atoms with Crippen molar-refractivity contribution in [1.82, 2.24) is 9.80 Å². The molecule has 0 bridgehead atoms. The van der Waals surface area contributed by atoms with Crippen molar-refractivity contribution in [3.05, 3.63) is 12.7 Å². The number of nitrogens with zero attached hydrogens (tertiary/aromatic N) is 2. The molecule has 0 aromatic rings. The topological polar surface area (TPSA) is 60.9 Å². The standard InChI is InChI=1S/C17H28N2O3/c1-3-16(21)18-8-6-15(7-9-18)17(22)19-10-4-14(5-11-19)13(2)12-20/h3,13-15,20H,1,4-12H2,2H3. The van der Waals surface area contributed by atoms with Crippen molar-refractivity contribution in [2.24, 2.45) is 17.8 Å². The van der Waals surface area contributed by atoms with Crippen LogP contribution in [0.5, 0.6) is 0 Å². The van der Waals surface area contributed by atoms with Crippen LogP contribution in [-0.2, 0) is 9.59 Å². The highest BCUT2D eigenvalue weighted by Gasteiger charge is 2.32. The summed E-state index contributed by atoms with van der Waals surface area (Å²) in [7, 11) is 0. The molecule has 2 aliphatic rings. The second-order valence-electron chi connectivity index (χ2n) is 6.63. The molecule has 0 aromatic heterocycles. The molecule has 1 atom stereocenters. The van der Waals surface area contributed by atoms with Crippen molar-refractivity contribution >= 4 is 11.8 Å². The van der Waals surface area contributed by atoms with Crippen molar-refractivity contribution in [3.63, 3.8) is 0 Å². The number of aliphatic hydroxyl groups excluding tert-OH is 1. The van der Waals surface area contributed by atoms with Crippen LogP contribution in [0.25, 0.3) is 0 Å². The predicted octanol–water partition coefficient (Wildman–Crippen LogP) is 1.28. The van der Waals surface area contributed by atoms with Crippen LogP contribution in [0.4, 0.5) is 0 Å². The van der Waals surface area contributed by atoms with E-state index in [0.29, 0.717) is 24.9 Å². The summed E-state index contributed by atoms with van der Waals surface area (Å²) >= 11 is 0. The summed E-state index contributed by atoms with van der Waals surface area (Å²) < 4.78 is 0. The first-order valence-corrected chi connectivity index (χ1v) is 8.37. The van der Waals surface area contributed by atoms with Gasteiger partial charge in [0.05, 0.1) is 0 Å².